The van der Waals surface area contributed by atoms with E-state index in [2.05, 4.69) is 12.2 Å². The van der Waals surface area contributed by atoms with Gasteiger partial charge in [-0.05, 0) is 18.6 Å². The van der Waals surface area contributed by atoms with Crippen molar-refractivity contribution in [2.75, 3.05) is 12.3 Å². The molecule has 1 amide bonds. The molecule has 16 heavy (non-hydrogen) atoms. The molecule has 1 N–H and O–H groups in total. The van der Waals surface area contributed by atoms with Gasteiger partial charge in [0.05, 0.1) is 5.75 Å². The van der Waals surface area contributed by atoms with Crippen molar-refractivity contribution in [3.05, 3.63) is 30.1 Å². The van der Waals surface area contributed by atoms with Crippen LogP contribution in [0.1, 0.15) is 19.8 Å². The molecule has 0 spiro atoms. The molecule has 0 aliphatic heterocycles. The van der Waals surface area contributed by atoms with Crippen LogP contribution in [-0.2, 0) is 4.79 Å². The second-order valence-corrected chi connectivity index (χ2v) is 4.44. The summed E-state index contributed by atoms with van der Waals surface area (Å²) in [4.78, 5) is 11.9. The molecule has 1 aromatic carbocycles. The van der Waals surface area contributed by atoms with Crippen molar-refractivity contribution in [2.45, 2.75) is 24.7 Å². The van der Waals surface area contributed by atoms with Crippen LogP contribution in [0.15, 0.2) is 29.2 Å². The number of hydrogen-bond donors (Lipinski definition) is 1. The van der Waals surface area contributed by atoms with Gasteiger partial charge in [0, 0.05) is 11.4 Å². The summed E-state index contributed by atoms with van der Waals surface area (Å²) in [5, 5.41) is 2.79. The average Bonchev–Trinajstić information content (AvgIpc) is 2.28. The third-order valence-corrected chi connectivity index (χ3v) is 3.10. The van der Waals surface area contributed by atoms with E-state index in [1.54, 1.807) is 18.2 Å². The Kier molecular flexibility index (Phi) is 5.93. The smallest absolute Gasteiger partial charge is 0.230 e. The predicted molar refractivity (Wildman–Crippen MR) is 65.0 cm³/mol. The Morgan fingerprint density at radius 1 is 1.44 bits per heavy atom. The van der Waals surface area contributed by atoms with Crippen LogP contribution >= 0.6 is 11.8 Å². The molecule has 0 radical (unpaired) electrons. The number of unbranched alkanes of at least 4 members (excludes halogenated alkanes) is 1. The van der Waals surface area contributed by atoms with Crippen molar-refractivity contribution in [1.82, 2.24) is 5.32 Å². The van der Waals surface area contributed by atoms with Crippen molar-refractivity contribution in [3.8, 4) is 0 Å². The van der Waals surface area contributed by atoms with Crippen LogP contribution in [0.5, 0.6) is 0 Å². The van der Waals surface area contributed by atoms with E-state index in [1.165, 1.54) is 17.8 Å². The Morgan fingerprint density at radius 2 is 2.19 bits per heavy atom. The maximum Gasteiger partial charge on any atom is 0.230 e. The number of amides is 1. The van der Waals surface area contributed by atoms with Gasteiger partial charge in [-0.2, -0.15) is 0 Å². The van der Waals surface area contributed by atoms with E-state index in [1.807, 2.05) is 0 Å². The van der Waals surface area contributed by atoms with Gasteiger partial charge < -0.3 is 5.32 Å². The van der Waals surface area contributed by atoms with Crippen LogP contribution in [0.2, 0.25) is 0 Å². The molecule has 0 aromatic heterocycles. The van der Waals surface area contributed by atoms with Gasteiger partial charge in [-0.25, -0.2) is 4.39 Å². The van der Waals surface area contributed by atoms with Crippen LogP contribution in [0.25, 0.3) is 0 Å². The van der Waals surface area contributed by atoms with Gasteiger partial charge >= 0.3 is 0 Å². The quantitative estimate of drug-likeness (QED) is 0.613. The largest absolute Gasteiger partial charge is 0.355 e. The standard InChI is InChI=1S/C12H16FNOS/c1-2-3-8-14-12(15)9-16-11-7-5-4-6-10(11)13/h4-7H,2-3,8-9H2,1H3,(H,14,15). The number of halogens is 1. The lowest BCUT2D eigenvalue weighted by Gasteiger charge is -2.04. The monoisotopic (exact) mass is 241 g/mol. The summed E-state index contributed by atoms with van der Waals surface area (Å²) < 4.78 is 13.2. The van der Waals surface area contributed by atoms with Crippen molar-refractivity contribution in [3.63, 3.8) is 0 Å². The zero-order chi connectivity index (χ0) is 11.8. The first kappa shape index (κ1) is 13.0. The average molecular weight is 241 g/mol. The number of carbonyl (C=O) groups excluding carboxylic acids is 1. The first-order valence-corrected chi connectivity index (χ1v) is 6.36. The topological polar surface area (TPSA) is 29.1 Å². The first-order valence-electron chi connectivity index (χ1n) is 5.38. The minimum atomic E-state index is -0.270. The van der Waals surface area contributed by atoms with E-state index in [-0.39, 0.29) is 17.5 Å². The fourth-order valence-corrected chi connectivity index (χ4v) is 1.93. The number of rotatable bonds is 6. The molecule has 0 fully saturated rings. The SMILES string of the molecule is CCCCNC(=O)CSc1ccccc1F. The van der Waals surface area contributed by atoms with Crippen LogP contribution in [0.3, 0.4) is 0 Å². The predicted octanol–water partition coefficient (Wildman–Crippen LogP) is 2.83. The lowest BCUT2D eigenvalue weighted by Crippen LogP contribution is -2.26. The summed E-state index contributed by atoms with van der Waals surface area (Å²) >= 11 is 1.23. The molecule has 4 heteroatoms. The zero-order valence-corrected chi connectivity index (χ0v) is 10.1. The second kappa shape index (κ2) is 7.28. The third kappa shape index (κ3) is 4.66. The highest BCUT2D eigenvalue weighted by atomic mass is 32.2. The molecule has 0 heterocycles. The van der Waals surface area contributed by atoms with Gasteiger partial charge in [0.1, 0.15) is 5.82 Å². The molecule has 88 valence electrons. The van der Waals surface area contributed by atoms with Gasteiger partial charge in [-0.3, -0.25) is 4.79 Å². The highest BCUT2D eigenvalue weighted by molar-refractivity contribution is 8.00. The molecule has 1 rings (SSSR count). The summed E-state index contributed by atoms with van der Waals surface area (Å²) in [5.74, 6) is -0.0412. The van der Waals surface area contributed by atoms with E-state index in [0.29, 0.717) is 11.4 Å². The minimum absolute atomic E-state index is 0.0401. The van der Waals surface area contributed by atoms with Gasteiger partial charge in [0.2, 0.25) is 5.91 Å². The molecule has 0 bridgehead atoms. The van der Waals surface area contributed by atoms with Gasteiger partial charge in [-0.15, -0.1) is 11.8 Å². The maximum absolute atomic E-state index is 13.2. The van der Waals surface area contributed by atoms with E-state index >= 15 is 0 Å². The Bertz CT molecular complexity index is 344. The van der Waals surface area contributed by atoms with Crippen LogP contribution in [0.4, 0.5) is 4.39 Å². The second-order valence-electron chi connectivity index (χ2n) is 3.42. The molecular weight excluding hydrogens is 225 g/mol. The number of carbonyl (C=O) groups is 1. The molecule has 2 nitrogen and oxygen atoms in total. The third-order valence-electron chi connectivity index (χ3n) is 2.05. The summed E-state index contributed by atoms with van der Waals surface area (Å²) in [6, 6.07) is 6.48. The molecule has 0 atom stereocenters. The highest BCUT2D eigenvalue weighted by Gasteiger charge is 2.05. The summed E-state index contributed by atoms with van der Waals surface area (Å²) in [5.41, 5.74) is 0. The Morgan fingerprint density at radius 3 is 2.88 bits per heavy atom. The maximum atomic E-state index is 13.2. The lowest BCUT2D eigenvalue weighted by molar-refractivity contribution is -0.118. The van der Waals surface area contributed by atoms with Crippen molar-refractivity contribution >= 4 is 17.7 Å². The van der Waals surface area contributed by atoms with E-state index in [9.17, 15) is 9.18 Å². The molecule has 0 saturated carbocycles. The lowest BCUT2D eigenvalue weighted by atomic mass is 10.3. The highest BCUT2D eigenvalue weighted by Crippen LogP contribution is 2.20. The summed E-state index contributed by atoms with van der Waals surface area (Å²) in [6.45, 7) is 2.77. The van der Waals surface area contributed by atoms with Crippen LogP contribution < -0.4 is 5.32 Å². The van der Waals surface area contributed by atoms with Gasteiger partial charge in [-0.1, -0.05) is 25.5 Å². The van der Waals surface area contributed by atoms with Crippen LogP contribution in [0, 0.1) is 5.82 Å². The van der Waals surface area contributed by atoms with Crippen molar-refractivity contribution < 1.29 is 9.18 Å². The molecule has 0 aliphatic rings. The van der Waals surface area contributed by atoms with Gasteiger partial charge in [0.25, 0.3) is 0 Å². The summed E-state index contributed by atoms with van der Waals surface area (Å²) in [7, 11) is 0. The number of nitrogens with one attached hydrogen (secondary N) is 1. The number of benzene rings is 1. The Hall–Kier alpha value is -1.03. The molecular formula is C12H16FNOS. The van der Waals surface area contributed by atoms with E-state index in [4.69, 9.17) is 0 Å². The minimum Gasteiger partial charge on any atom is -0.355 e. The first-order chi connectivity index (χ1) is 7.74. The number of hydrogen-bond acceptors (Lipinski definition) is 2. The number of thioether (sulfide) groups is 1. The van der Waals surface area contributed by atoms with Gasteiger partial charge in [0.15, 0.2) is 0 Å². The molecule has 0 unspecified atom stereocenters. The van der Waals surface area contributed by atoms with Crippen molar-refractivity contribution in [1.29, 1.82) is 0 Å². The molecule has 0 saturated heterocycles. The zero-order valence-electron chi connectivity index (χ0n) is 9.33. The normalized spacial score (nSPS) is 10.1. The van der Waals surface area contributed by atoms with Crippen LogP contribution in [-0.4, -0.2) is 18.2 Å². The van der Waals surface area contributed by atoms with E-state index in [0.717, 1.165) is 12.8 Å². The summed E-state index contributed by atoms with van der Waals surface area (Å²) in [6.07, 6.45) is 2.04. The van der Waals surface area contributed by atoms with Crippen molar-refractivity contribution in [2.24, 2.45) is 0 Å². The Balaban J connectivity index is 2.29. The molecule has 0 aliphatic carbocycles. The Labute approximate surface area is 99.6 Å². The van der Waals surface area contributed by atoms with E-state index < -0.39 is 0 Å². The fraction of sp³-hybridized carbons (Fsp3) is 0.417. The fourth-order valence-electron chi connectivity index (χ4n) is 1.16. The molecule has 1 aromatic rings.